The molecule has 0 bridgehead atoms. The number of hydrogen-bond donors (Lipinski definition) is 0. The monoisotopic (exact) mass is 388 g/mol. The Hall–Kier alpha value is -1.16. The molecule has 0 spiro atoms. The Bertz CT molecular complexity index is 796. The van der Waals surface area contributed by atoms with Crippen molar-refractivity contribution in [3.63, 3.8) is 0 Å². The van der Waals surface area contributed by atoms with Crippen molar-refractivity contribution in [2.45, 2.75) is 53.1 Å². The zero-order valence-corrected chi connectivity index (χ0v) is 17.5. The highest BCUT2D eigenvalue weighted by atomic mass is 32.2. The number of fused-ring (bicyclic) bond motifs is 5. The number of alkyl halides is 1. The van der Waals surface area contributed by atoms with Crippen LogP contribution in [0.5, 0.6) is 0 Å². The second kappa shape index (κ2) is 6.17. The first-order valence-electron chi connectivity index (χ1n) is 10.2. The minimum absolute atomic E-state index is 0.0668. The number of rotatable bonds is 2. The molecule has 0 aromatic carbocycles. The van der Waals surface area contributed by atoms with E-state index in [0.717, 1.165) is 34.6 Å². The third-order valence-electron chi connectivity index (χ3n) is 8.11. The van der Waals surface area contributed by atoms with Crippen LogP contribution in [-0.4, -0.2) is 23.5 Å². The van der Waals surface area contributed by atoms with Gasteiger partial charge in [0, 0.05) is 10.8 Å². The van der Waals surface area contributed by atoms with Crippen LogP contribution >= 0.6 is 11.8 Å². The van der Waals surface area contributed by atoms with E-state index in [4.69, 9.17) is 0 Å². The molecule has 3 saturated carbocycles. The van der Waals surface area contributed by atoms with E-state index in [1.54, 1.807) is 17.8 Å². The molecule has 146 valence electrons. The molecule has 0 aromatic heterocycles. The summed E-state index contributed by atoms with van der Waals surface area (Å²) in [5.41, 5.74) is 1.34. The van der Waals surface area contributed by atoms with E-state index >= 15 is 0 Å². The first-order chi connectivity index (χ1) is 12.7. The molecule has 4 heteroatoms. The van der Waals surface area contributed by atoms with Gasteiger partial charge in [-0.2, -0.15) is 0 Å². The normalized spacial score (nSPS) is 46.4. The van der Waals surface area contributed by atoms with Gasteiger partial charge in [-0.05, 0) is 65.9 Å². The average Bonchev–Trinajstić information content (AvgIpc) is 2.86. The predicted molar refractivity (Wildman–Crippen MR) is 108 cm³/mol. The maximum atomic E-state index is 14.4. The van der Waals surface area contributed by atoms with Gasteiger partial charge in [-0.1, -0.05) is 40.3 Å². The molecule has 0 aliphatic heterocycles. The molecule has 0 aromatic rings. The molecule has 4 aliphatic carbocycles. The molecule has 0 amide bonds. The highest BCUT2D eigenvalue weighted by molar-refractivity contribution is 8.04. The molecular formula is C23H29FO2S. The average molecular weight is 389 g/mol. The van der Waals surface area contributed by atoms with E-state index in [1.807, 2.05) is 6.92 Å². The number of carbonyl (C=O) groups is 2. The van der Waals surface area contributed by atoms with Gasteiger partial charge in [0.15, 0.2) is 17.7 Å². The lowest BCUT2D eigenvalue weighted by Crippen LogP contribution is -2.53. The molecule has 4 rings (SSSR count). The van der Waals surface area contributed by atoms with Crippen molar-refractivity contribution in [2.75, 3.05) is 5.75 Å². The fraction of sp³-hybridized carbons (Fsp3) is 0.652. The summed E-state index contributed by atoms with van der Waals surface area (Å²) in [4.78, 5) is 26.1. The highest BCUT2D eigenvalue weighted by Gasteiger charge is 2.63. The van der Waals surface area contributed by atoms with Crippen LogP contribution in [0.3, 0.4) is 0 Å². The molecule has 0 saturated heterocycles. The van der Waals surface area contributed by atoms with Gasteiger partial charge in [-0.25, -0.2) is 4.39 Å². The standard InChI is InChI=1S/C23H29FO2S/c1-6-27-20-17(25)8-10-22(4)14-7-9-23(5)15(11-16(24)21(23)26)18(14)12(2)13(3)19(20)22/h8,10,12,14-16,18H,3,6-7,9,11H2,1-2,4-5H3/t12-,14+,15+,16+,18-,22-,23+/m1/s1. The summed E-state index contributed by atoms with van der Waals surface area (Å²) in [6, 6.07) is 0. The molecule has 0 N–H and O–H groups in total. The SMILES string of the molecule is C=C1C2=C(SCC)C(=O)C=C[C@]2(C)[C@H]2CC[C@]3(C)C(=O)[C@@H](F)C[C@H]3[C@@H]2[C@@H]1C. The van der Waals surface area contributed by atoms with Gasteiger partial charge in [0.25, 0.3) is 0 Å². The van der Waals surface area contributed by atoms with Gasteiger partial charge < -0.3 is 0 Å². The van der Waals surface area contributed by atoms with E-state index in [9.17, 15) is 14.0 Å². The lowest BCUT2D eigenvalue weighted by Gasteiger charge is -2.58. The van der Waals surface area contributed by atoms with E-state index in [2.05, 4.69) is 33.4 Å². The summed E-state index contributed by atoms with van der Waals surface area (Å²) in [7, 11) is 0. The molecule has 4 aliphatic rings. The molecule has 7 atom stereocenters. The third kappa shape index (κ3) is 2.38. The van der Waals surface area contributed by atoms with Crippen LogP contribution < -0.4 is 0 Å². The van der Waals surface area contributed by atoms with Gasteiger partial charge in [0.05, 0.1) is 4.91 Å². The zero-order valence-electron chi connectivity index (χ0n) is 16.7. The first-order valence-corrected chi connectivity index (χ1v) is 11.1. The summed E-state index contributed by atoms with van der Waals surface area (Å²) >= 11 is 1.61. The number of carbonyl (C=O) groups excluding carboxylic acids is 2. The fourth-order valence-corrected chi connectivity index (χ4v) is 7.66. The number of thioether (sulfide) groups is 1. The quantitative estimate of drug-likeness (QED) is 0.643. The van der Waals surface area contributed by atoms with Crippen LogP contribution in [0.1, 0.15) is 47.0 Å². The summed E-state index contributed by atoms with van der Waals surface area (Å²) in [6.07, 6.45) is 4.48. The summed E-state index contributed by atoms with van der Waals surface area (Å²) < 4.78 is 14.4. The van der Waals surface area contributed by atoms with Gasteiger partial charge in [-0.15, -0.1) is 11.8 Å². The molecule has 3 fully saturated rings. The number of Topliss-reactive ketones (excluding diaryl/α,β-unsaturated/α-hetero) is 1. The maximum absolute atomic E-state index is 14.4. The highest BCUT2D eigenvalue weighted by Crippen LogP contribution is 2.67. The number of halogens is 1. The zero-order chi connectivity index (χ0) is 19.7. The second-order valence-corrected chi connectivity index (χ2v) is 10.5. The van der Waals surface area contributed by atoms with Crippen LogP contribution in [0.2, 0.25) is 0 Å². The van der Waals surface area contributed by atoms with Crippen LogP contribution in [0.15, 0.2) is 34.8 Å². The topological polar surface area (TPSA) is 34.1 Å². The maximum Gasteiger partial charge on any atom is 0.192 e. The van der Waals surface area contributed by atoms with Gasteiger partial charge in [-0.3, -0.25) is 9.59 Å². The molecule has 0 unspecified atom stereocenters. The summed E-state index contributed by atoms with van der Waals surface area (Å²) in [5.74, 6) is 1.53. The number of ketones is 2. The van der Waals surface area contributed by atoms with Crippen molar-refractivity contribution in [1.82, 2.24) is 0 Å². The van der Waals surface area contributed by atoms with E-state index in [0.29, 0.717) is 12.3 Å². The number of allylic oxidation sites excluding steroid dienone is 5. The fourth-order valence-electron chi connectivity index (χ4n) is 6.67. The minimum Gasteiger partial charge on any atom is -0.296 e. The molecular weight excluding hydrogens is 359 g/mol. The predicted octanol–water partition coefficient (Wildman–Crippen LogP) is 5.30. The third-order valence-corrected chi connectivity index (χ3v) is 9.09. The van der Waals surface area contributed by atoms with Crippen molar-refractivity contribution < 1.29 is 14.0 Å². The Morgan fingerprint density at radius 2 is 2.00 bits per heavy atom. The molecule has 27 heavy (non-hydrogen) atoms. The van der Waals surface area contributed by atoms with Crippen molar-refractivity contribution >= 4 is 23.3 Å². The first kappa shape index (κ1) is 19.2. The Morgan fingerprint density at radius 3 is 2.67 bits per heavy atom. The molecule has 0 radical (unpaired) electrons. The number of hydrogen-bond acceptors (Lipinski definition) is 3. The summed E-state index contributed by atoms with van der Waals surface area (Å²) in [6.45, 7) is 12.9. The Balaban J connectivity index is 1.85. The van der Waals surface area contributed by atoms with E-state index < -0.39 is 11.6 Å². The van der Waals surface area contributed by atoms with Crippen molar-refractivity contribution in [1.29, 1.82) is 0 Å². The Morgan fingerprint density at radius 1 is 1.30 bits per heavy atom. The van der Waals surface area contributed by atoms with Gasteiger partial charge in [0.1, 0.15) is 0 Å². The van der Waals surface area contributed by atoms with Crippen LogP contribution in [-0.2, 0) is 9.59 Å². The Kier molecular flexibility index (Phi) is 4.38. The van der Waals surface area contributed by atoms with Gasteiger partial charge >= 0.3 is 0 Å². The minimum atomic E-state index is -1.32. The van der Waals surface area contributed by atoms with Crippen LogP contribution in [0, 0.1) is 34.5 Å². The van der Waals surface area contributed by atoms with E-state index in [-0.39, 0.29) is 34.7 Å². The summed E-state index contributed by atoms with van der Waals surface area (Å²) in [5, 5.41) is 0. The lowest BCUT2D eigenvalue weighted by molar-refractivity contribution is -0.135. The van der Waals surface area contributed by atoms with Crippen LogP contribution in [0.4, 0.5) is 4.39 Å². The largest absolute Gasteiger partial charge is 0.296 e. The van der Waals surface area contributed by atoms with Crippen LogP contribution in [0.25, 0.3) is 0 Å². The molecule has 0 heterocycles. The van der Waals surface area contributed by atoms with Crippen molar-refractivity contribution in [2.24, 2.45) is 34.5 Å². The van der Waals surface area contributed by atoms with E-state index in [1.165, 1.54) is 0 Å². The van der Waals surface area contributed by atoms with Crippen molar-refractivity contribution in [3.8, 4) is 0 Å². The second-order valence-electron chi connectivity index (χ2n) is 9.25. The molecule has 2 nitrogen and oxygen atoms in total. The lowest BCUT2D eigenvalue weighted by atomic mass is 9.45. The van der Waals surface area contributed by atoms with Crippen molar-refractivity contribution in [3.05, 3.63) is 34.8 Å². The smallest absolute Gasteiger partial charge is 0.192 e. The Labute approximate surface area is 165 Å². The van der Waals surface area contributed by atoms with Gasteiger partial charge in [0.2, 0.25) is 0 Å².